The summed E-state index contributed by atoms with van der Waals surface area (Å²) in [4.78, 5) is 0. The molecule has 0 fully saturated rings. The van der Waals surface area contributed by atoms with Gasteiger partial charge in [0.15, 0.2) is 0 Å². The molecular weight excluding hydrogens is 194 g/mol. The minimum absolute atomic E-state index is 0.783. The van der Waals surface area contributed by atoms with Crippen LogP contribution in [0.5, 0.6) is 0 Å². The quantitative estimate of drug-likeness (QED) is 0.827. The van der Waals surface area contributed by atoms with Crippen LogP contribution in [0.15, 0.2) is 36.5 Å². The Morgan fingerprint density at radius 3 is 2.71 bits per heavy atom. The van der Waals surface area contributed by atoms with Crippen molar-refractivity contribution in [3.8, 4) is 0 Å². The molecule has 2 rings (SSSR count). The van der Waals surface area contributed by atoms with Crippen molar-refractivity contribution in [3.63, 3.8) is 0 Å². The summed E-state index contributed by atoms with van der Waals surface area (Å²) in [5, 5.41) is 3.31. The van der Waals surface area contributed by atoms with E-state index in [1.807, 2.05) is 18.2 Å². The third-order valence-electron chi connectivity index (χ3n) is 1.89. The van der Waals surface area contributed by atoms with E-state index >= 15 is 0 Å². The van der Waals surface area contributed by atoms with E-state index in [1.54, 1.807) is 6.20 Å². The van der Waals surface area contributed by atoms with E-state index in [4.69, 9.17) is 0 Å². The lowest BCUT2D eigenvalue weighted by atomic mass is 10.2. The zero-order valence-electron chi connectivity index (χ0n) is 7.68. The predicted octanol–water partition coefficient (Wildman–Crippen LogP) is 1.83. The number of rotatable bonds is 4. The molecule has 1 aromatic heterocycles. The van der Waals surface area contributed by atoms with Crippen LogP contribution in [0.3, 0.4) is 0 Å². The van der Waals surface area contributed by atoms with E-state index in [1.165, 1.54) is 17.3 Å². The lowest BCUT2D eigenvalue weighted by Gasteiger charge is -2.01. The number of hydrogen-bond donors (Lipinski definition) is 1. The highest BCUT2D eigenvalue weighted by atomic mass is 32.1. The predicted molar refractivity (Wildman–Crippen MR) is 56.9 cm³/mol. The molecule has 0 aliphatic heterocycles. The van der Waals surface area contributed by atoms with Crippen molar-refractivity contribution in [1.82, 2.24) is 14.1 Å². The van der Waals surface area contributed by atoms with Crippen molar-refractivity contribution in [1.29, 1.82) is 0 Å². The Bertz CT molecular complexity index is 358. The fourth-order valence-corrected chi connectivity index (χ4v) is 1.63. The van der Waals surface area contributed by atoms with Crippen molar-refractivity contribution >= 4 is 11.7 Å². The second kappa shape index (κ2) is 4.83. The summed E-state index contributed by atoms with van der Waals surface area (Å²) < 4.78 is 8.05. The minimum atomic E-state index is 0.783. The molecular formula is C10H11N3S. The Morgan fingerprint density at radius 1 is 1.14 bits per heavy atom. The molecule has 0 amide bonds. The summed E-state index contributed by atoms with van der Waals surface area (Å²) in [6.07, 6.45) is 1.79. The third-order valence-corrected chi connectivity index (χ3v) is 2.40. The van der Waals surface area contributed by atoms with Crippen molar-refractivity contribution in [3.05, 3.63) is 47.8 Å². The van der Waals surface area contributed by atoms with Gasteiger partial charge >= 0.3 is 0 Å². The standard InChI is InChI=1S/C10H11N3S/c1-2-4-9(5-3-1)6-11-7-10-8-12-14-13-10/h1-5,8,11H,6-7H2. The molecule has 0 spiro atoms. The molecule has 4 heteroatoms. The van der Waals surface area contributed by atoms with Crippen molar-refractivity contribution in [2.75, 3.05) is 0 Å². The van der Waals surface area contributed by atoms with Gasteiger partial charge in [-0.05, 0) is 5.56 Å². The first kappa shape index (κ1) is 9.30. The summed E-state index contributed by atoms with van der Waals surface area (Å²) in [5.41, 5.74) is 2.29. The van der Waals surface area contributed by atoms with Crippen molar-refractivity contribution < 1.29 is 0 Å². The zero-order valence-corrected chi connectivity index (χ0v) is 8.50. The average Bonchev–Trinajstić information content (AvgIpc) is 2.72. The van der Waals surface area contributed by atoms with Gasteiger partial charge in [0, 0.05) is 13.1 Å². The molecule has 0 bridgehead atoms. The second-order valence-corrected chi connectivity index (χ2v) is 3.54. The van der Waals surface area contributed by atoms with Gasteiger partial charge in [0.1, 0.15) is 0 Å². The lowest BCUT2D eigenvalue weighted by molar-refractivity contribution is 0.684. The van der Waals surface area contributed by atoms with Crippen LogP contribution in [0.4, 0.5) is 0 Å². The monoisotopic (exact) mass is 205 g/mol. The molecule has 0 unspecified atom stereocenters. The van der Waals surface area contributed by atoms with E-state index in [9.17, 15) is 0 Å². The second-order valence-electron chi connectivity index (χ2n) is 2.99. The molecule has 3 nitrogen and oxygen atoms in total. The summed E-state index contributed by atoms with van der Waals surface area (Å²) >= 11 is 1.25. The summed E-state index contributed by atoms with van der Waals surface area (Å²) in [6.45, 7) is 1.66. The molecule has 1 heterocycles. The number of nitrogens with zero attached hydrogens (tertiary/aromatic N) is 2. The molecule has 0 aliphatic rings. The van der Waals surface area contributed by atoms with Crippen LogP contribution < -0.4 is 5.32 Å². The normalized spacial score (nSPS) is 10.3. The van der Waals surface area contributed by atoms with E-state index in [0.717, 1.165) is 18.8 Å². The molecule has 72 valence electrons. The smallest absolute Gasteiger partial charge is 0.0880 e. The first-order chi connectivity index (χ1) is 6.95. The molecule has 0 saturated carbocycles. The van der Waals surface area contributed by atoms with Gasteiger partial charge in [-0.1, -0.05) is 30.3 Å². The molecule has 1 aromatic carbocycles. The summed E-state index contributed by atoms with van der Waals surface area (Å²) in [5.74, 6) is 0. The molecule has 0 atom stereocenters. The Balaban J connectivity index is 1.79. The van der Waals surface area contributed by atoms with Crippen LogP contribution in [-0.2, 0) is 13.1 Å². The number of aromatic nitrogens is 2. The van der Waals surface area contributed by atoms with Crippen LogP contribution in [-0.4, -0.2) is 8.75 Å². The summed E-state index contributed by atoms with van der Waals surface area (Å²) in [6, 6.07) is 10.3. The Hall–Kier alpha value is -1.26. The highest BCUT2D eigenvalue weighted by Gasteiger charge is 1.95. The van der Waals surface area contributed by atoms with Gasteiger partial charge < -0.3 is 5.32 Å². The molecule has 0 radical (unpaired) electrons. The number of nitrogens with one attached hydrogen (secondary N) is 1. The van der Waals surface area contributed by atoms with E-state index in [0.29, 0.717) is 0 Å². The Morgan fingerprint density at radius 2 is 2.00 bits per heavy atom. The van der Waals surface area contributed by atoms with Gasteiger partial charge in [0.05, 0.1) is 23.6 Å². The van der Waals surface area contributed by atoms with Gasteiger partial charge in [0.2, 0.25) is 0 Å². The Labute approximate surface area is 87.1 Å². The van der Waals surface area contributed by atoms with E-state index in [2.05, 4.69) is 26.2 Å². The van der Waals surface area contributed by atoms with Crippen molar-refractivity contribution in [2.24, 2.45) is 0 Å². The van der Waals surface area contributed by atoms with Gasteiger partial charge in [-0.25, -0.2) is 0 Å². The lowest BCUT2D eigenvalue weighted by Crippen LogP contribution is -2.12. The molecule has 0 saturated heterocycles. The van der Waals surface area contributed by atoms with E-state index < -0.39 is 0 Å². The topological polar surface area (TPSA) is 37.8 Å². The average molecular weight is 205 g/mol. The largest absolute Gasteiger partial charge is 0.307 e. The summed E-state index contributed by atoms with van der Waals surface area (Å²) in [7, 11) is 0. The van der Waals surface area contributed by atoms with Gasteiger partial charge in [-0.2, -0.15) is 8.75 Å². The maximum Gasteiger partial charge on any atom is 0.0880 e. The fourth-order valence-electron chi connectivity index (χ4n) is 1.19. The van der Waals surface area contributed by atoms with Crippen LogP contribution in [0.25, 0.3) is 0 Å². The zero-order chi connectivity index (χ0) is 9.64. The van der Waals surface area contributed by atoms with Crippen LogP contribution >= 0.6 is 11.7 Å². The Kier molecular flexibility index (Phi) is 3.21. The molecule has 0 aliphatic carbocycles. The maximum atomic E-state index is 4.12. The van der Waals surface area contributed by atoms with Crippen molar-refractivity contribution in [2.45, 2.75) is 13.1 Å². The van der Waals surface area contributed by atoms with Crippen LogP contribution in [0.1, 0.15) is 11.3 Å². The first-order valence-electron chi connectivity index (χ1n) is 4.46. The minimum Gasteiger partial charge on any atom is -0.307 e. The van der Waals surface area contributed by atoms with Crippen LogP contribution in [0.2, 0.25) is 0 Å². The fraction of sp³-hybridized carbons (Fsp3) is 0.200. The van der Waals surface area contributed by atoms with Gasteiger partial charge in [-0.3, -0.25) is 0 Å². The van der Waals surface area contributed by atoms with Gasteiger partial charge in [0.25, 0.3) is 0 Å². The van der Waals surface area contributed by atoms with Gasteiger partial charge in [-0.15, -0.1) is 0 Å². The first-order valence-corrected chi connectivity index (χ1v) is 5.19. The highest BCUT2D eigenvalue weighted by molar-refractivity contribution is 6.99. The number of hydrogen-bond acceptors (Lipinski definition) is 4. The van der Waals surface area contributed by atoms with E-state index in [-0.39, 0.29) is 0 Å². The molecule has 14 heavy (non-hydrogen) atoms. The third kappa shape index (κ3) is 2.61. The van der Waals surface area contributed by atoms with Crippen LogP contribution in [0, 0.1) is 0 Å². The highest BCUT2D eigenvalue weighted by Crippen LogP contribution is 1.99. The SMILES string of the molecule is c1ccc(CNCc2cnsn2)cc1. The maximum absolute atomic E-state index is 4.12. The molecule has 2 aromatic rings. The molecule has 1 N–H and O–H groups in total. The number of benzene rings is 1.